The molecule has 5 heterocycles. The molecule has 1 aromatic heterocycles. The molecule has 5 aromatic carbocycles. The number of para-hydroxylation sites is 2. The Morgan fingerprint density at radius 2 is 1.43 bits per heavy atom. The van der Waals surface area contributed by atoms with Gasteiger partial charge in [-0.05, 0) is 89.5 Å². The Morgan fingerprint density at radius 3 is 2.13 bits per heavy atom. The number of carbonyl (C=O) groups is 3. The first-order valence-corrected chi connectivity index (χ1v) is 22.9. The number of aliphatic imine (C=N–C) groups is 1. The lowest BCUT2D eigenvalue weighted by molar-refractivity contribution is -0.145. The van der Waals surface area contributed by atoms with E-state index in [1.807, 2.05) is 115 Å². The molecule has 2 amide bonds. The van der Waals surface area contributed by atoms with Crippen LogP contribution in [0, 0.1) is 0 Å². The fourth-order valence-corrected chi connectivity index (χ4v) is 9.81. The quantitative estimate of drug-likeness (QED) is 0.110. The Hall–Kier alpha value is -7.94. The van der Waals surface area contributed by atoms with Crippen LogP contribution >= 0.6 is 0 Å². The SMILES string of the molecule is CCc1cc2c(cc1OCc1cc(COc3cc4c(cc3OC)C(=O)N3c5ccccc5CC3CN4C)cc(N(C)CCCC(=O)On3c(O)ccc3O)c1)N=CC1Cc3ccccc3N1C2=O. The maximum absolute atomic E-state index is 14.2. The number of aromatic hydroxyl groups is 2. The van der Waals surface area contributed by atoms with Crippen LogP contribution in [0.5, 0.6) is 29.0 Å². The molecule has 10 rings (SSSR count). The van der Waals surface area contributed by atoms with Crippen LogP contribution in [-0.2, 0) is 37.3 Å². The maximum Gasteiger partial charge on any atom is 0.333 e. The summed E-state index contributed by atoms with van der Waals surface area (Å²) in [7, 11) is 5.48. The van der Waals surface area contributed by atoms with Crippen LogP contribution in [0.4, 0.5) is 28.4 Å². The number of amides is 2. The fraction of sp³-hybridized carbons (Fsp3) is 0.283. The second-order valence-electron chi connectivity index (χ2n) is 17.7. The van der Waals surface area contributed by atoms with Crippen LogP contribution in [0.3, 0.4) is 0 Å². The van der Waals surface area contributed by atoms with Gasteiger partial charge in [0, 0.05) is 87.6 Å². The third-order valence-electron chi connectivity index (χ3n) is 13.2. The van der Waals surface area contributed by atoms with Gasteiger partial charge in [-0.25, -0.2) is 4.79 Å². The molecule has 15 heteroatoms. The largest absolute Gasteiger partial charge is 0.493 e. The third-order valence-corrected chi connectivity index (χ3v) is 13.2. The molecule has 0 radical (unpaired) electrons. The van der Waals surface area contributed by atoms with Crippen molar-refractivity contribution in [1.29, 1.82) is 0 Å². The Labute approximate surface area is 393 Å². The van der Waals surface area contributed by atoms with Crippen LogP contribution < -0.4 is 38.6 Å². The van der Waals surface area contributed by atoms with Gasteiger partial charge < -0.3 is 44.0 Å². The minimum Gasteiger partial charge on any atom is -0.493 e. The number of hydrogen-bond acceptors (Lipinski definition) is 12. The number of rotatable bonds is 14. The highest BCUT2D eigenvalue weighted by molar-refractivity contribution is 6.15. The van der Waals surface area contributed by atoms with Crippen molar-refractivity contribution in [3.05, 3.63) is 142 Å². The van der Waals surface area contributed by atoms with Gasteiger partial charge in [0.15, 0.2) is 11.5 Å². The normalized spacial score (nSPS) is 16.5. The van der Waals surface area contributed by atoms with Gasteiger partial charge in [-0.2, -0.15) is 0 Å². The number of anilines is 4. The summed E-state index contributed by atoms with van der Waals surface area (Å²) >= 11 is 0. The number of fused-ring (bicyclic) bond motifs is 8. The van der Waals surface area contributed by atoms with E-state index in [2.05, 4.69) is 17.0 Å². The zero-order valence-corrected chi connectivity index (χ0v) is 38.3. The van der Waals surface area contributed by atoms with E-state index in [1.54, 1.807) is 13.2 Å². The van der Waals surface area contributed by atoms with E-state index in [0.717, 1.165) is 57.0 Å². The number of hydrogen-bond donors (Lipinski definition) is 2. The number of methoxy groups -OCH3 is 1. The predicted octanol–water partition coefficient (Wildman–Crippen LogP) is 7.81. The van der Waals surface area contributed by atoms with E-state index in [0.29, 0.717) is 71.1 Å². The second-order valence-corrected chi connectivity index (χ2v) is 17.7. The maximum atomic E-state index is 14.2. The number of nitrogens with zero attached hydrogens (tertiary/aromatic N) is 6. The highest BCUT2D eigenvalue weighted by Crippen LogP contribution is 2.43. The van der Waals surface area contributed by atoms with Crippen molar-refractivity contribution in [1.82, 2.24) is 4.73 Å². The molecule has 0 saturated carbocycles. The van der Waals surface area contributed by atoms with Crippen LogP contribution in [0.25, 0.3) is 0 Å². The molecule has 0 fully saturated rings. The van der Waals surface area contributed by atoms with Crippen molar-refractivity contribution in [3.8, 4) is 29.0 Å². The summed E-state index contributed by atoms with van der Waals surface area (Å²) in [6, 6.07) is 31.8. The first kappa shape index (κ1) is 43.9. The standard InChI is InChI=1S/C53H52N6O9/c1-5-34-24-40-42(54-28-38-22-35-11-6-8-13-43(35)57(38)52(40)63)26-46(34)66-30-32-19-33(21-37(20-32)55(2)18-10-15-51(62)68-59-49(60)16-17-50(59)61)31-67-48-27-45-41(25-47(48)65-4)53(64)58-39(29-56(45)3)23-36-12-7-9-14-44(36)58/h6-9,11-14,16-17,19-21,24-28,38-39,60-61H,5,10,15,18,22-23,29-31H2,1-4H3. The highest BCUT2D eigenvalue weighted by Gasteiger charge is 2.40. The molecule has 0 spiro atoms. The van der Waals surface area contributed by atoms with Crippen LogP contribution in [-0.4, -0.2) is 85.3 Å². The lowest BCUT2D eigenvalue weighted by atomic mass is 10.0. The monoisotopic (exact) mass is 916 g/mol. The van der Waals surface area contributed by atoms with Gasteiger partial charge in [-0.3, -0.25) is 19.5 Å². The molecule has 0 aliphatic carbocycles. The third kappa shape index (κ3) is 8.18. The Kier molecular flexibility index (Phi) is 11.7. The molecule has 2 N–H and O–H groups in total. The molecule has 4 aliphatic rings. The molecule has 2 atom stereocenters. The van der Waals surface area contributed by atoms with Crippen molar-refractivity contribution < 1.29 is 43.6 Å². The van der Waals surface area contributed by atoms with Crippen molar-refractivity contribution in [2.45, 2.75) is 64.3 Å². The first-order chi connectivity index (χ1) is 33.0. The summed E-state index contributed by atoms with van der Waals surface area (Å²) in [4.78, 5) is 58.9. The van der Waals surface area contributed by atoms with Crippen molar-refractivity contribution >= 4 is 52.4 Å². The smallest absolute Gasteiger partial charge is 0.333 e. The molecule has 4 aliphatic heterocycles. The second kappa shape index (κ2) is 18.0. The summed E-state index contributed by atoms with van der Waals surface area (Å²) in [6.45, 7) is 3.48. The van der Waals surface area contributed by atoms with Gasteiger partial charge in [0.05, 0.1) is 41.7 Å². The zero-order chi connectivity index (χ0) is 47.2. The molecule has 6 aromatic rings. The van der Waals surface area contributed by atoms with E-state index in [-0.39, 0.29) is 55.3 Å². The van der Waals surface area contributed by atoms with E-state index >= 15 is 0 Å². The Balaban J connectivity index is 0.906. The molecule has 0 saturated heterocycles. The topological polar surface area (TPSA) is 159 Å². The number of likely N-dealkylation sites (N-methyl/N-ethyl adjacent to an activating group) is 1. The number of aromatic nitrogens is 1. The first-order valence-electron chi connectivity index (χ1n) is 22.9. The molecule has 0 bridgehead atoms. The lowest BCUT2D eigenvalue weighted by Crippen LogP contribution is -2.41. The van der Waals surface area contributed by atoms with Gasteiger partial charge in [-0.15, -0.1) is 4.73 Å². The molecule has 15 nitrogen and oxygen atoms in total. The number of carbonyl (C=O) groups excluding carboxylic acids is 3. The average molecular weight is 917 g/mol. The molecular weight excluding hydrogens is 865 g/mol. The Morgan fingerprint density at radius 1 is 0.765 bits per heavy atom. The molecule has 348 valence electrons. The van der Waals surface area contributed by atoms with Gasteiger partial charge in [0.1, 0.15) is 19.0 Å². The fourth-order valence-electron chi connectivity index (χ4n) is 9.81. The van der Waals surface area contributed by atoms with Gasteiger partial charge in [0.2, 0.25) is 11.8 Å². The summed E-state index contributed by atoms with van der Waals surface area (Å²) in [5, 5.41) is 19.8. The summed E-state index contributed by atoms with van der Waals surface area (Å²) in [6.07, 6.45) is 4.40. The van der Waals surface area contributed by atoms with Crippen molar-refractivity contribution in [2.24, 2.45) is 4.99 Å². The predicted molar refractivity (Wildman–Crippen MR) is 259 cm³/mol. The molecular formula is C53H52N6O9. The van der Waals surface area contributed by atoms with Gasteiger partial charge >= 0.3 is 5.97 Å². The minimum absolute atomic E-state index is 0.00911. The number of ether oxygens (including phenoxy) is 3. The molecule has 68 heavy (non-hydrogen) atoms. The average Bonchev–Trinajstić information content (AvgIpc) is 3.97. The van der Waals surface area contributed by atoms with Crippen LogP contribution in [0.15, 0.2) is 108 Å². The minimum atomic E-state index is -0.618. The number of aryl methyl sites for hydroxylation is 1. The summed E-state index contributed by atoms with van der Waals surface area (Å²) < 4.78 is 19.7. The van der Waals surface area contributed by atoms with E-state index < -0.39 is 5.97 Å². The van der Waals surface area contributed by atoms with E-state index in [9.17, 15) is 24.6 Å². The van der Waals surface area contributed by atoms with Gasteiger partial charge in [0.25, 0.3) is 11.8 Å². The Bertz CT molecular complexity index is 2980. The summed E-state index contributed by atoms with van der Waals surface area (Å²) in [5.41, 5.74) is 9.92. The highest BCUT2D eigenvalue weighted by atomic mass is 16.7. The lowest BCUT2D eigenvalue weighted by Gasteiger charge is -2.25. The van der Waals surface area contributed by atoms with Crippen LogP contribution in [0.1, 0.15) is 68.3 Å². The zero-order valence-electron chi connectivity index (χ0n) is 38.3. The van der Waals surface area contributed by atoms with Crippen molar-refractivity contribution in [2.75, 3.05) is 53.9 Å². The van der Waals surface area contributed by atoms with Crippen LogP contribution in [0.2, 0.25) is 0 Å². The van der Waals surface area contributed by atoms with Crippen molar-refractivity contribution in [3.63, 3.8) is 0 Å². The van der Waals surface area contributed by atoms with E-state index in [1.165, 1.54) is 12.1 Å². The van der Waals surface area contributed by atoms with Gasteiger partial charge in [-0.1, -0.05) is 43.3 Å². The molecule has 2 unspecified atom stereocenters. The van der Waals surface area contributed by atoms with E-state index in [4.69, 9.17) is 24.0 Å². The number of benzene rings is 5. The summed E-state index contributed by atoms with van der Waals surface area (Å²) in [5.74, 6) is -0.00701.